The fourth-order valence-electron chi connectivity index (χ4n) is 1.00. The SMILES string of the molecule is CCCc1nc(C)c(C(N)=O)s1. The number of nitrogens with two attached hydrogens (primary N) is 1. The largest absolute Gasteiger partial charge is 0.365 e. The third-order valence-electron chi connectivity index (χ3n) is 1.53. The molecule has 3 nitrogen and oxygen atoms in total. The summed E-state index contributed by atoms with van der Waals surface area (Å²) in [6.07, 6.45) is 1.98. The van der Waals surface area contributed by atoms with Crippen LogP contribution in [0.3, 0.4) is 0 Å². The van der Waals surface area contributed by atoms with Gasteiger partial charge in [-0.2, -0.15) is 0 Å². The minimum atomic E-state index is -0.368. The highest BCUT2D eigenvalue weighted by Crippen LogP contribution is 2.18. The van der Waals surface area contributed by atoms with E-state index in [0.29, 0.717) is 4.88 Å². The van der Waals surface area contributed by atoms with Crippen LogP contribution in [0.4, 0.5) is 0 Å². The Labute approximate surface area is 75.6 Å². The van der Waals surface area contributed by atoms with Crippen LogP contribution in [-0.4, -0.2) is 10.9 Å². The topological polar surface area (TPSA) is 56.0 Å². The molecule has 1 aromatic heterocycles. The maximum Gasteiger partial charge on any atom is 0.260 e. The first kappa shape index (κ1) is 9.19. The predicted octanol–water partition coefficient (Wildman–Crippen LogP) is 1.50. The van der Waals surface area contributed by atoms with Crippen LogP contribution in [0.25, 0.3) is 0 Å². The van der Waals surface area contributed by atoms with Crippen LogP contribution in [0.1, 0.15) is 33.7 Å². The van der Waals surface area contributed by atoms with Gasteiger partial charge in [-0.3, -0.25) is 4.79 Å². The molecule has 0 radical (unpaired) electrons. The zero-order valence-electron chi connectivity index (χ0n) is 7.26. The lowest BCUT2D eigenvalue weighted by atomic mass is 10.3. The maximum atomic E-state index is 10.8. The van der Waals surface area contributed by atoms with Crippen molar-refractivity contribution in [3.8, 4) is 0 Å². The van der Waals surface area contributed by atoms with Crippen molar-refractivity contribution in [1.82, 2.24) is 4.98 Å². The summed E-state index contributed by atoms with van der Waals surface area (Å²) in [6.45, 7) is 3.90. The number of aromatic nitrogens is 1. The average molecular weight is 184 g/mol. The van der Waals surface area contributed by atoms with Gasteiger partial charge in [0.15, 0.2) is 0 Å². The fourth-order valence-corrected chi connectivity index (χ4v) is 2.02. The van der Waals surface area contributed by atoms with Gasteiger partial charge in [-0.1, -0.05) is 6.92 Å². The van der Waals surface area contributed by atoms with Crippen LogP contribution >= 0.6 is 11.3 Å². The van der Waals surface area contributed by atoms with Gasteiger partial charge >= 0.3 is 0 Å². The van der Waals surface area contributed by atoms with Crippen molar-refractivity contribution >= 4 is 17.2 Å². The number of carbonyl (C=O) groups is 1. The number of amides is 1. The van der Waals surface area contributed by atoms with E-state index >= 15 is 0 Å². The summed E-state index contributed by atoms with van der Waals surface area (Å²) < 4.78 is 0. The second-order valence-corrected chi connectivity index (χ2v) is 3.72. The Hall–Kier alpha value is -0.900. The Bertz CT molecular complexity index is 293. The van der Waals surface area contributed by atoms with Crippen molar-refractivity contribution in [2.75, 3.05) is 0 Å². The highest BCUT2D eigenvalue weighted by molar-refractivity contribution is 7.13. The second kappa shape index (κ2) is 3.67. The summed E-state index contributed by atoms with van der Waals surface area (Å²) in [5.41, 5.74) is 5.92. The Morgan fingerprint density at radius 1 is 1.67 bits per heavy atom. The van der Waals surface area contributed by atoms with Gasteiger partial charge < -0.3 is 5.73 Å². The summed E-state index contributed by atoms with van der Waals surface area (Å²) in [4.78, 5) is 15.7. The van der Waals surface area contributed by atoms with E-state index in [4.69, 9.17) is 5.73 Å². The zero-order chi connectivity index (χ0) is 9.14. The van der Waals surface area contributed by atoms with E-state index in [1.165, 1.54) is 11.3 Å². The van der Waals surface area contributed by atoms with E-state index in [0.717, 1.165) is 23.5 Å². The molecule has 1 heterocycles. The summed E-state index contributed by atoms with van der Waals surface area (Å²) in [7, 11) is 0. The molecular formula is C8H12N2OS. The van der Waals surface area contributed by atoms with E-state index in [1.54, 1.807) is 0 Å². The lowest BCUT2D eigenvalue weighted by Crippen LogP contribution is -2.09. The first-order valence-corrected chi connectivity index (χ1v) is 4.73. The first-order chi connectivity index (χ1) is 5.65. The Morgan fingerprint density at radius 3 is 2.75 bits per heavy atom. The second-order valence-electron chi connectivity index (χ2n) is 2.64. The fraction of sp³-hybridized carbons (Fsp3) is 0.500. The maximum absolute atomic E-state index is 10.8. The number of hydrogen-bond acceptors (Lipinski definition) is 3. The van der Waals surface area contributed by atoms with Crippen molar-refractivity contribution in [1.29, 1.82) is 0 Å². The van der Waals surface area contributed by atoms with Crippen LogP contribution in [0.15, 0.2) is 0 Å². The van der Waals surface area contributed by atoms with Gasteiger partial charge in [0.2, 0.25) is 0 Å². The van der Waals surface area contributed by atoms with Gasteiger partial charge in [0.25, 0.3) is 5.91 Å². The van der Waals surface area contributed by atoms with Crippen molar-refractivity contribution < 1.29 is 4.79 Å². The lowest BCUT2D eigenvalue weighted by molar-refractivity contribution is 0.100. The molecule has 0 saturated heterocycles. The Kier molecular flexibility index (Phi) is 2.81. The molecule has 0 aliphatic carbocycles. The lowest BCUT2D eigenvalue weighted by Gasteiger charge is -1.86. The molecule has 1 amide bonds. The van der Waals surface area contributed by atoms with Crippen molar-refractivity contribution in [2.45, 2.75) is 26.7 Å². The number of hydrogen-bond donors (Lipinski definition) is 1. The van der Waals surface area contributed by atoms with Gasteiger partial charge in [0.1, 0.15) is 4.88 Å². The molecule has 0 fully saturated rings. The first-order valence-electron chi connectivity index (χ1n) is 3.91. The van der Waals surface area contributed by atoms with Gasteiger partial charge in [0.05, 0.1) is 10.7 Å². The van der Waals surface area contributed by atoms with Crippen LogP contribution in [-0.2, 0) is 6.42 Å². The van der Waals surface area contributed by atoms with Crippen LogP contribution in [0.2, 0.25) is 0 Å². The summed E-state index contributed by atoms with van der Waals surface area (Å²) in [6, 6.07) is 0. The third-order valence-corrected chi connectivity index (χ3v) is 2.76. The molecule has 4 heteroatoms. The quantitative estimate of drug-likeness (QED) is 0.774. The van der Waals surface area contributed by atoms with Crippen LogP contribution in [0.5, 0.6) is 0 Å². The molecule has 0 aliphatic rings. The van der Waals surface area contributed by atoms with E-state index < -0.39 is 0 Å². The molecule has 2 N–H and O–H groups in total. The van der Waals surface area contributed by atoms with E-state index in [2.05, 4.69) is 11.9 Å². The molecule has 0 unspecified atom stereocenters. The summed E-state index contributed by atoms with van der Waals surface area (Å²) in [5, 5.41) is 1.00. The van der Waals surface area contributed by atoms with Gasteiger partial charge in [0, 0.05) is 0 Å². The monoisotopic (exact) mass is 184 g/mol. The van der Waals surface area contributed by atoms with Crippen LogP contribution in [0, 0.1) is 6.92 Å². The Morgan fingerprint density at radius 2 is 2.33 bits per heavy atom. The van der Waals surface area contributed by atoms with Crippen LogP contribution < -0.4 is 5.73 Å². The van der Waals surface area contributed by atoms with Gasteiger partial charge in [-0.15, -0.1) is 11.3 Å². The molecule has 0 saturated carbocycles. The van der Waals surface area contributed by atoms with E-state index in [-0.39, 0.29) is 5.91 Å². The summed E-state index contributed by atoms with van der Waals surface area (Å²) in [5.74, 6) is -0.368. The van der Waals surface area contributed by atoms with Crippen molar-refractivity contribution in [2.24, 2.45) is 5.73 Å². The van der Waals surface area contributed by atoms with Crippen molar-refractivity contribution in [3.05, 3.63) is 15.6 Å². The number of carbonyl (C=O) groups excluding carboxylic acids is 1. The molecule has 0 aliphatic heterocycles. The number of thiazole rings is 1. The number of nitrogens with zero attached hydrogens (tertiary/aromatic N) is 1. The molecular weight excluding hydrogens is 172 g/mol. The summed E-state index contributed by atoms with van der Waals surface area (Å²) >= 11 is 1.41. The predicted molar refractivity (Wildman–Crippen MR) is 49.4 cm³/mol. The molecule has 0 atom stereocenters. The molecule has 0 bridgehead atoms. The Balaban J connectivity index is 2.92. The van der Waals surface area contributed by atoms with Gasteiger partial charge in [-0.25, -0.2) is 4.98 Å². The highest BCUT2D eigenvalue weighted by atomic mass is 32.1. The normalized spacial score (nSPS) is 10.2. The number of primary amides is 1. The van der Waals surface area contributed by atoms with E-state index in [1.807, 2.05) is 6.92 Å². The van der Waals surface area contributed by atoms with E-state index in [9.17, 15) is 4.79 Å². The molecule has 1 aromatic rings. The molecule has 12 heavy (non-hydrogen) atoms. The molecule has 66 valence electrons. The average Bonchev–Trinajstić information content (AvgIpc) is 2.32. The van der Waals surface area contributed by atoms with Crippen molar-refractivity contribution in [3.63, 3.8) is 0 Å². The minimum absolute atomic E-state index is 0.368. The van der Waals surface area contributed by atoms with Gasteiger partial charge in [-0.05, 0) is 19.8 Å². The highest BCUT2D eigenvalue weighted by Gasteiger charge is 2.10. The number of rotatable bonds is 3. The molecule has 0 aromatic carbocycles. The standard InChI is InChI=1S/C8H12N2OS/c1-3-4-6-10-5(2)7(12-6)8(9)11/h3-4H2,1-2H3,(H2,9,11). The molecule has 0 spiro atoms. The number of aryl methyl sites for hydroxylation is 2. The minimum Gasteiger partial charge on any atom is -0.365 e. The molecule has 1 rings (SSSR count). The third kappa shape index (κ3) is 1.82. The zero-order valence-corrected chi connectivity index (χ0v) is 8.07. The smallest absolute Gasteiger partial charge is 0.260 e.